The molecule has 2 heterocycles. The van der Waals surface area contributed by atoms with Crippen molar-refractivity contribution < 1.29 is 24.2 Å². The van der Waals surface area contributed by atoms with Crippen molar-refractivity contribution >= 4 is 17.5 Å². The Bertz CT molecular complexity index is 881. The number of piperazine rings is 1. The largest absolute Gasteiger partial charge is 0.454 e. The molecule has 0 bridgehead atoms. The fraction of sp³-hybridized carbons (Fsp3) is 0.333. The van der Waals surface area contributed by atoms with Crippen molar-refractivity contribution in [1.82, 2.24) is 10.2 Å². The van der Waals surface area contributed by atoms with E-state index in [-0.39, 0.29) is 12.7 Å². The molecule has 8 heteroatoms. The summed E-state index contributed by atoms with van der Waals surface area (Å²) in [4.78, 5) is 29.2. The molecule has 2 aliphatic rings. The van der Waals surface area contributed by atoms with E-state index in [4.69, 9.17) is 9.47 Å². The second-order valence-electron chi connectivity index (χ2n) is 6.92. The summed E-state index contributed by atoms with van der Waals surface area (Å²) < 4.78 is 10.5. The Morgan fingerprint density at radius 3 is 2.45 bits per heavy atom. The molecule has 0 aliphatic carbocycles. The molecular formula is C21H23N3O5. The van der Waals surface area contributed by atoms with Crippen LogP contribution in [0.5, 0.6) is 11.5 Å². The van der Waals surface area contributed by atoms with Gasteiger partial charge in [-0.3, -0.25) is 9.59 Å². The number of benzene rings is 2. The van der Waals surface area contributed by atoms with Crippen molar-refractivity contribution in [3.63, 3.8) is 0 Å². The summed E-state index contributed by atoms with van der Waals surface area (Å²) in [5.41, 5.74) is 1.46. The molecule has 2 aromatic carbocycles. The van der Waals surface area contributed by atoms with Crippen LogP contribution >= 0.6 is 0 Å². The average molecular weight is 397 g/mol. The zero-order chi connectivity index (χ0) is 20.2. The van der Waals surface area contributed by atoms with Crippen LogP contribution in [0.3, 0.4) is 0 Å². The van der Waals surface area contributed by atoms with Crippen molar-refractivity contribution in [2.24, 2.45) is 0 Å². The Morgan fingerprint density at radius 2 is 1.72 bits per heavy atom. The van der Waals surface area contributed by atoms with Gasteiger partial charge in [0.15, 0.2) is 11.5 Å². The molecule has 152 valence electrons. The van der Waals surface area contributed by atoms with Crippen LogP contribution in [-0.2, 0) is 4.79 Å². The lowest BCUT2D eigenvalue weighted by molar-refractivity contribution is -0.134. The van der Waals surface area contributed by atoms with Gasteiger partial charge >= 0.3 is 0 Å². The number of ether oxygens (including phenoxy) is 2. The molecule has 2 aromatic rings. The van der Waals surface area contributed by atoms with E-state index < -0.39 is 18.6 Å². The van der Waals surface area contributed by atoms with E-state index in [1.165, 1.54) is 0 Å². The number of para-hydroxylation sites is 1. The zero-order valence-electron chi connectivity index (χ0n) is 15.9. The van der Waals surface area contributed by atoms with Gasteiger partial charge in [0.25, 0.3) is 5.91 Å². The van der Waals surface area contributed by atoms with Crippen LogP contribution in [0.15, 0.2) is 48.5 Å². The summed E-state index contributed by atoms with van der Waals surface area (Å²) in [6.07, 6.45) is 0. The third-order valence-electron chi connectivity index (χ3n) is 5.13. The van der Waals surface area contributed by atoms with Gasteiger partial charge in [-0.05, 0) is 30.3 Å². The minimum atomic E-state index is -0.990. The van der Waals surface area contributed by atoms with Crippen LogP contribution in [0.25, 0.3) is 0 Å². The molecule has 0 saturated carbocycles. The summed E-state index contributed by atoms with van der Waals surface area (Å²) in [5, 5.41) is 12.3. The highest BCUT2D eigenvalue weighted by Crippen LogP contribution is 2.32. The summed E-state index contributed by atoms with van der Waals surface area (Å²) in [6, 6.07) is 13.8. The van der Waals surface area contributed by atoms with Crippen LogP contribution in [0, 0.1) is 0 Å². The second-order valence-corrected chi connectivity index (χ2v) is 6.92. The van der Waals surface area contributed by atoms with Gasteiger partial charge in [0.1, 0.15) is 6.04 Å². The molecule has 0 radical (unpaired) electrons. The number of carbonyl (C=O) groups excluding carboxylic acids is 2. The minimum absolute atomic E-state index is 0.118. The highest BCUT2D eigenvalue weighted by Gasteiger charge is 2.29. The van der Waals surface area contributed by atoms with Crippen molar-refractivity contribution in [3.05, 3.63) is 54.1 Å². The molecule has 4 rings (SSSR count). The first-order chi connectivity index (χ1) is 14.2. The van der Waals surface area contributed by atoms with Crippen LogP contribution in [0.4, 0.5) is 5.69 Å². The molecule has 2 N–H and O–H groups in total. The number of aliphatic hydroxyl groups excluding tert-OH is 1. The van der Waals surface area contributed by atoms with Crippen LogP contribution in [-0.4, -0.2) is 67.4 Å². The van der Waals surface area contributed by atoms with E-state index in [1.807, 2.05) is 30.3 Å². The predicted octanol–water partition coefficient (Wildman–Crippen LogP) is 0.855. The van der Waals surface area contributed by atoms with Crippen molar-refractivity contribution in [2.75, 3.05) is 44.5 Å². The standard InChI is InChI=1S/C21H23N3O5/c25-13-17(22-20(26)15-6-7-18-19(12-15)29-14-28-18)21(27)24-10-8-23(9-11-24)16-4-2-1-3-5-16/h1-7,12,17,25H,8-11,13-14H2,(H,22,26). The summed E-state index contributed by atoms with van der Waals surface area (Å²) in [6.45, 7) is 2.11. The van der Waals surface area contributed by atoms with Gasteiger partial charge in [-0.15, -0.1) is 0 Å². The Morgan fingerprint density at radius 1 is 1.00 bits per heavy atom. The third kappa shape index (κ3) is 4.12. The molecule has 0 spiro atoms. The number of nitrogens with one attached hydrogen (secondary N) is 1. The van der Waals surface area contributed by atoms with Crippen LogP contribution in [0.2, 0.25) is 0 Å². The summed E-state index contributed by atoms with van der Waals surface area (Å²) in [7, 11) is 0. The molecule has 29 heavy (non-hydrogen) atoms. The highest BCUT2D eigenvalue weighted by atomic mass is 16.7. The first-order valence-electron chi connectivity index (χ1n) is 9.56. The van der Waals surface area contributed by atoms with Crippen LogP contribution < -0.4 is 19.7 Å². The Labute approximate surface area is 168 Å². The lowest BCUT2D eigenvalue weighted by atomic mass is 10.1. The number of hydrogen-bond donors (Lipinski definition) is 2. The summed E-state index contributed by atoms with van der Waals surface area (Å²) >= 11 is 0. The Kier molecular flexibility index (Phi) is 5.53. The number of fused-ring (bicyclic) bond motifs is 1. The van der Waals surface area contributed by atoms with E-state index in [9.17, 15) is 14.7 Å². The minimum Gasteiger partial charge on any atom is -0.454 e. The van der Waals surface area contributed by atoms with Crippen molar-refractivity contribution in [2.45, 2.75) is 6.04 Å². The lowest BCUT2D eigenvalue weighted by Crippen LogP contribution is -2.56. The van der Waals surface area contributed by atoms with Crippen LogP contribution in [0.1, 0.15) is 10.4 Å². The molecule has 2 aliphatic heterocycles. The fourth-order valence-electron chi connectivity index (χ4n) is 3.51. The summed E-state index contributed by atoms with van der Waals surface area (Å²) in [5.74, 6) is 0.335. The maximum Gasteiger partial charge on any atom is 0.252 e. The van der Waals surface area contributed by atoms with Gasteiger partial charge in [-0.2, -0.15) is 0 Å². The number of carbonyl (C=O) groups is 2. The average Bonchev–Trinajstić information content (AvgIpc) is 3.25. The number of rotatable bonds is 5. The van der Waals surface area contributed by atoms with Gasteiger partial charge in [0.2, 0.25) is 12.7 Å². The molecular weight excluding hydrogens is 374 g/mol. The maximum absolute atomic E-state index is 12.8. The monoisotopic (exact) mass is 397 g/mol. The van der Waals surface area contributed by atoms with Gasteiger partial charge in [0, 0.05) is 37.4 Å². The first-order valence-corrected chi connectivity index (χ1v) is 9.56. The molecule has 1 saturated heterocycles. The van der Waals surface area contributed by atoms with Crippen molar-refractivity contribution in [3.8, 4) is 11.5 Å². The quantitative estimate of drug-likeness (QED) is 0.778. The number of aliphatic hydroxyl groups is 1. The molecule has 1 unspecified atom stereocenters. The normalized spacial score (nSPS) is 16.4. The molecule has 8 nitrogen and oxygen atoms in total. The first kappa shape index (κ1) is 19.1. The number of anilines is 1. The topological polar surface area (TPSA) is 91.3 Å². The second kappa shape index (κ2) is 8.40. The van der Waals surface area contributed by atoms with Gasteiger partial charge in [-0.25, -0.2) is 0 Å². The van der Waals surface area contributed by atoms with Crippen molar-refractivity contribution in [1.29, 1.82) is 0 Å². The molecule has 0 aromatic heterocycles. The van der Waals surface area contributed by atoms with E-state index in [0.717, 1.165) is 5.69 Å². The smallest absolute Gasteiger partial charge is 0.252 e. The SMILES string of the molecule is O=C(NC(CO)C(=O)N1CCN(c2ccccc2)CC1)c1ccc2c(c1)OCO2. The number of amides is 2. The van der Waals surface area contributed by atoms with E-state index >= 15 is 0 Å². The number of hydrogen-bond acceptors (Lipinski definition) is 6. The third-order valence-corrected chi connectivity index (χ3v) is 5.13. The molecule has 1 atom stereocenters. The van der Waals surface area contributed by atoms with E-state index in [2.05, 4.69) is 10.2 Å². The van der Waals surface area contributed by atoms with E-state index in [0.29, 0.717) is 43.2 Å². The lowest BCUT2D eigenvalue weighted by Gasteiger charge is -2.37. The molecule has 1 fully saturated rings. The Hall–Kier alpha value is -3.26. The predicted molar refractivity (Wildman–Crippen MR) is 106 cm³/mol. The maximum atomic E-state index is 12.8. The van der Waals surface area contributed by atoms with Gasteiger partial charge < -0.3 is 29.7 Å². The fourth-order valence-corrected chi connectivity index (χ4v) is 3.51. The number of nitrogens with zero attached hydrogens (tertiary/aromatic N) is 2. The van der Waals surface area contributed by atoms with Gasteiger partial charge in [0.05, 0.1) is 6.61 Å². The zero-order valence-corrected chi connectivity index (χ0v) is 15.9. The highest BCUT2D eigenvalue weighted by molar-refractivity contribution is 5.98. The molecule has 2 amide bonds. The van der Waals surface area contributed by atoms with E-state index in [1.54, 1.807) is 23.1 Å². The van der Waals surface area contributed by atoms with Gasteiger partial charge in [-0.1, -0.05) is 18.2 Å². The Balaban J connectivity index is 1.35.